The monoisotopic (exact) mass is 244 g/mol. The van der Waals surface area contributed by atoms with Crippen LogP contribution in [0.25, 0.3) is 0 Å². The van der Waals surface area contributed by atoms with Gasteiger partial charge in [0, 0.05) is 6.04 Å². The molecule has 0 heterocycles. The number of carboxylic acid groups (broad SMARTS) is 1. The van der Waals surface area contributed by atoms with Crippen LogP contribution in [0, 0.1) is 0 Å². The Morgan fingerprint density at radius 1 is 1.24 bits per heavy atom. The third kappa shape index (κ3) is 7.74. The second kappa shape index (κ2) is 8.98. The molecule has 0 saturated heterocycles. The molecule has 0 aliphatic heterocycles. The molecule has 0 saturated carbocycles. The van der Waals surface area contributed by atoms with Crippen molar-refractivity contribution in [3.63, 3.8) is 0 Å². The average molecular weight is 244 g/mol. The molecule has 0 fully saturated rings. The Kier molecular flexibility index (Phi) is 8.40. The van der Waals surface area contributed by atoms with E-state index in [1.54, 1.807) is 0 Å². The number of rotatable bonds is 9. The molecular weight excluding hydrogens is 220 g/mol. The number of nitrogens with two attached hydrogens (primary N) is 1. The van der Waals surface area contributed by atoms with Crippen molar-refractivity contribution in [2.75, 3.05) is 0 Å². The highest BCUT2D eigenvalue weighted by Gasteiger charge is 2.19. The average Bonchev–Trinajstić information content (AvgIpc) is 2.25. The van der Waals surface area contributed by atoms with Crippen LogP contribution in [-0.2, 0) is 9.59 Å². The minimum absolute atomic E-state index is 0.0416. The van der Waals surface area contributed by atoms with E-state index >= 15 is 0 Å². The fourth-order valence-electron chi connectivity index (χ4n) is 1.65. The van der Waals surface area contributed by atoms with E-state index in [0.29, 0.717) is 12.8 Å². The molecule has 2 atom stereocenters. The van der Waals surface area contributed by atoms with Gasteiger partial charge >= 0.3 is 5.97 Å². The molecule has 0 spiro atoms. The lowest BCUT2D eigenvalue weighted by molar-refractivity contribution is -0.137. The van der Waals surface area contributed by atoms with E-state index in [1.807, 2.05) is 13.8 Å². The van der Waals surface area contributed by atoms with E-state index in [4.69, 9.17) is 10.8 Å². The summed E-state index contributed by atoms with van der Waals surface area (Å²) in [5, 5.41) is 11.4. The van der Waals surface area contributed by atoms with Gasteiger partial charge < -0.3 is 16.2 Å². The van der Waals surface area contributed by atoms with Crippen LogP contribution in [0.3, 0.4) is 0 Å². The predicted molar refractivity (Wildman–Crippen MR) is 66.6 cm³/mol. The minimum atomic E-state index is -0.897. The molecule has 0 aromatic heterocycles. The third-order valence-electron chi connectivity index (χ3n) is 2.61. The van der Waals surface area contributed by atoms with Gasteiger partial charge in [-0.05, 0) is 12.8 Å². The summed E-state index contributed by atoms with van der Waals surface area (Å²) >= 11 is 0. The predicted octanol–water partition coefficient (Wildman–Crippen LogP) is 1.26. The van der Waals surface area contributed by atoms with Crippen LogP contribution >= 0.6 is 0 Å². The van der Waals surface area contributed by atoms with Gasteiger partial charge in [0.15, 0.2) is 0 Å². The molecule has 0 aromatic rings. The fourth-order valence-corrected chi connectivity index (χ4v) is 1.65. The van der Waals surface area contributed by atoms with E-state index in [-0.39, 0.29) is 18.4 Å². The van der Waals surface area contributed by atoms with Crippen LogP contribution in [0.15, 0.2) is 0 Å². The smallest absolute Gasteiger partial charge is 0.305 e. The fraction of sp³-hybridized carbons (Fsp3) is 0.833. The molecular formula is C12H24N2O3. The zero-order valence-corrected chi connectivity index (χ0v) is 10.7. The van der Waals surface area contributed by atoms with Crippen LogP contribution < -0.4 is 11.1 Å². The lowest BCUT2D eigenvalue weighted by atomic mass is 10.1. The summed E-state index contributed by atoms with van der Waals surface area (Å²) < 4.78 is 0. The lowest BCUT2D eigenvalue weighted by Crippen LogP contribution is -2.46. The summed E-state index contributed by atoms with van der Waals surface area (Å²) in [6.45, 7) is 3.99. The molecule has 1 unspecified atom stereocenters. The summed E-state index contributed by atoms with van der Waals surface area (Å²) in [4.78, 5) is 22.3. The van der Waals surface area contributed by atoms with Gasteiger partial charge in [-0.3, -0.25) is 9.59 Å². The highest BCUT2D eigenvalue weighted by molar-refractivity contribution is 5.82. The number of carboxylic acids is 1. The van der Waals surface area contributed by atoms with Gasteiger partial charge in [-0.25, -0.2) is 0 Å². The van der Waals surface area contributed by atoms with Crippen LogP contribution in [0.4, 0.5) is 0 Å². The lowest BCUT2D eigenvalue weighted by Gasteiger charge is -2.19. The maximum absolute atomic E-state index is 11.7. The number of unbranched alkanes of at least 4 members (excludes halogenated alkanes) is 1. The summed E-state index contributed by atoms with van der Waals surface area (Å²) in [7, 11) is 0. The van der Waals surface area contributed by atoms with Gasteiger partial charge in [-0.2, -0.15) is 0 Å². The number of amides is 1. The van der Waals surface area contributed by atoms with Gasteiger partial charge in [-0.15, -0.1) is 0 Å². The maximum atomic E-state index is 11.7. The van der Waals surface area contributed by atoms with E-state index in [1.165, 1.54) is 0 Å². The SMILES string of the molecule is CCCC[C@H](N)C(=O)NC(CCC)CC(=O)O. The molecule has 5 heteroatoms. The molecule has 0 rings (SSSR count). The van der Waals surface area contributed by atoms with Crippen molar-refractivity contribution in [1.29, 1.82) is 0 Å². The Balaban J connectivity index is 4.13. The summed E-state index contributed by atoms with van der Waals surface area (Å²) in [6, 6.07) is -0.833. The van der Waals surface area contributed by atoms with Gasteiger partial charge in [0.1, 0.15) is 0 Å². The van der Waals surface area contributed by atoms with Crippen LogP contribution in [0.2, 0.25) is 0 Å². The molecule has 0 aromatic carbocycles. The first-order valence-electron chi connectivity index (χ1n) is 6.29. The summed E-state index contributed by atoms with van der Waals surface area (Å²) in [6.07, 6.45) is 4.01. The van der Waals surface area contributed by atoms with Crippen LogP contribution in [0.1, 0.15) is 52.4 Å². The highest BCUT2D eigenvalue weighted by atomic mass is 16.4. The minimum Gasteiger partial charge on any atom is -0.481 e. The Hall–Kier alpha value is -1.10. The van der Waals surface area contributed by atoms with E-state index in [9.17, 15) is 9.59 Å². The Labute approximate surface area is 103 Å². The van der Waals surface area contributed by atoms with Gasteiger partial charge in [0.25, 0.3) is 0 Å². The number of aliphatic carboxylic acids is 1. The zero-order chi connectivity index (χ0) is 13.3. The van der Waals surface area contributed by atoms with Crippen molar-refractivity contribution in [1.82, 2.24) is 5.32 Å². The van der Waals surface area contributed by atoms with E-state index < -0.39 is 12.0 Å². The number of hydrogen-bond acceptors (Lipinski definition) is 3. The van der Waals surface area contributed by atoms with E-state index in [2.05, 4.69) is 5.32 Å². The molecule has 0 aliphatic carbocycles. The topological polar surface area (TPSA) is 92.4 Å². The zero-order valence-electron chi connectivity index (χ0n) is 10.7. The van der Waals surface area contributed by atoms with Crippen molar-refractivity contribution in [2.24, 2.45) is 5.73 Å². The standard InChI is InChI=1S/C12H24N2O3/c1-3-5-7-10(13)12(17)14-9(6-4-2)8-11(15)16/h9-10H,3-8,13H2,1-2H3,(H,14,17)(H,15,16)/t9?,10-/m0/s1. The maximum Gasteiger partial charge on any atom is 0.305 e. The summed E-state index contributed by atoms with van der Waals surface area (Å²) in [5.41, 5.74) is 5.72. The van der Waals surface area contributed by atoms with Crippen LogP contribution in [0.5, 0.6) is 0 Å². The molecule has 0 aliphatic rings. The number of nitrogens with one attached hydrogen (secondary N) is 1. The van der Waals surface area contributed by atoms with Crippen molar-refractivity contribution >= 4 is 11.9 Å². The molecule has 4 N–H and O–H groups in total. The molecule has 0 radical (unpaired) electrons. The second-order valence-electron chi connectivity index (χ2n) is 4.34. The van der Waals surface area contributed by atoms with Crippen LogP contribution in [-0.4, -0.2) is 29.1 Å². The Bertz CT molecular complexity index is 244. The summed E-state index contributed by atoms with van der Waals surface area (Å²) in [5.74, 6) is -1.14. The highest BCUT2D eigenvalue weighted by Crippen LogP contribution is 2.04. The molecule has 5 nitrogen and oxygen atoms in total. The number of carbonyl (C=O) groups is 2. The molecule has 0 bridgehead atoms. The van der Waals surface area contributed by atoms with Crippen molar-refractivity contribution in [2.45, 2.75) is 64.5 Å². The first kappa shape index (κ1) is 15.9. The number of hydrogen-bond donors (Lipinski definition) is 3. The van der Waals surface area contributed by atoms with Crippen molar-refractivity contribution in [3.05, 3.63) is 0 Å². The van der Waals surface area contributed by atoms with Gasteiger partial charge in [0.05, 0.1) is 12.5 Å². The second-order valence-corrected chi connectivity index (χ2v) is 4.34. The molecule has 1 amide bonds. The first-order valence-corrected chi connectivity index (χ1v) is 6.29. The first-order chi connectivity index (χ1) is 8.01. The largest absolute Gasteiger partial charge is 0.481 e. The van der Waals surface area contributed by atoms with Crippen molar-refractivity contribution in [3.8, 4) is 0 Å². The van der Waals surface area contributed by atoms with Gasteiger partial charge in [-0.1, -0.05) is 33.1 Å². The molecule has 100 valence electrons. The number of carbonyl (C=O) groups excluding carboxylic acids is 1. The quantitative estimate of drug-likeness (QED) is 0.569. The Morgan fingerprint density at radius 2 is 1.88 bits per heavy atom. The Morgan fingerprint density at radius 3 is 2.35 bits per heavy atom. The van der Waals surface area contributed by atoms with E-state index in [0.717, 1.165) is 19.3 Å². The van der Waals surface area contributed by atoms with Gasteiger partial charge in [0.2, 0.25) is 5.91 Å². The van der Waals surface area contributed by atoms with Crippen molar-refractivity contribution < 1.29 is 14.7 Å². The third-order valence-corrected chi connectivity index (χ3v) is 2.61. The normalized spacial score (nSPS) is 14.1. The molecule has 17 heavy (non-hydrogen) atoms.